The fraction of sp³-hybridized carbons (Fsp3) is 0.533. The molecule has 0 spiro atoms. The average molecular weight is 261 g/mol. The Labute approximate surface area is 114 Å². The van der Waals surface area contributed by atoms with Crippen molar-refractivity contribution >= 4 is 11.5 Å². The summed E-state index contributed by atoms with van der Waals surface area (Å²) in [7, 11) is 0. The molecule has 4 heteroatoms. The summed E-state index contributed by atoms with van der Waals surface area (Å²) < 4.78 is 0. The molecule has 0 radical (unpaired) electrons. The van der Waals surface area contributed by atoms with Crippen molar-refractivity contribution in [1.82, 2.24) is 0 Å². The number of amidine groups is 1. The number of nitrogens with two attached hydrogens (primary N) is 1. The van der Waals surface area contributed by atoms with Gasteiger partial charge in [0.2, 0.25) is 0 Å². The molecule has 19 heavy (non-hydrogen) atoms. The number of hydrogen-bond acceptors (Lipinski definition) is 3. The summed E-state index contributed by atoms with van der Waals surface area (Å²) in [5.74, 6) is 0.831. The van der Waals surface area contributed by atoms with Gasteiger partial charge in [0.05, 0.1) is 0 Å². The van der Waals surface area contributed by atoms with Gasteiger partial charge in [0.25, 0.3) is 0 Å². The monoisotopic (exact) mass is 261 g/mol. The Kier molecular flexibility index (Phi) is 3.98. The van der Waals surface area contributed by atoms with Gasteiger partial charge in [0.15, 0.2) is 5.84 Å². The number of benzene rings is 1. The van der Waals surface area contributed by atoms with Gasteiger partial charge in [-0.1, -0.05) is 19.0 Å². The van der Waals surface area contributed by atoms with Crippen LogP contribution in [0, 0.1) is 12.8 Å². The molecule has 0 saturated carbocycles. The first-order valence-corrected chi connectivity index (χ1v) is 6.89. The Hall–Kier alpha value is -1.71. The van der Waals surface area contributed by atoms with E-state index in [0.717, 1.165) is 17.7 Å². The average Bonchev–Trinajstić information content (AvgIpc) is 2.87. The lowest BCUT2D eigenvalue weighted by Crippen LogP contribution is -2.33. The van der Waals surface area contributed by atoms with Gasteiger partial charge in [-0.05, 0) is 49.4 Å². The lowest BCUT2D eigenvalue weighted by molar-refractivity contribution is 0.318. The predicted molar refractivity (Wildman–Crippen MR) is 78.9 cm³/mol. The summed E-state index contributed by atoms with van der Waals surface area (Å²) in [6.45, 7) is 7.67. The van der Waals surface area contributed by atoms with Crippen LogP contribution in [0.1, 0.15) is 37.8 Å². The maximum Gasteiger partial charge on any atom is 0.170 e. The first kappa shape index (κ1) is 13.7. The van der Waals surface area contributed by atoms with Crippen molar-refractivity contribution in [2.75, 3.05) is 11.4 Å². The minimum Gasteiger partial charge on any atom is -0.409 e. The van der Waals surface area contributed by atoms with Crippen LogP contribution in [0.3, 0.4) is 0 Å². The zero-order chi connectivity index (χ0) is 14.0. The molecule has 1 fully saturated rings. The maximum atomic E-state index is 8.76. The van der Waals surface area contributed by atoms with Crippen LogP contribution in [0.15, 0.2) is 23.4 Å². The smallest absolute Gasteiger partial charge is 0.170 e. The molecule has 1 atom stereocenters. The third-order valence-electron chi connectivity index (χ3n) is 3.99. The normalized spacial score (nSPS) is 20.3. The number of hydrogen-bond donors (Lipinski definition) is 2. The van der Waals surface area contributed by atoms with Gasteiger partial charge >= 0.3 is 0 Å². The standard InChI is InChI=1S/C15H23N3O/c1-10(2)14-5-4-8-18(14)12-6-7-13(11(3)9-12)15(16)17-19/h6-7,9-10,14,19H,4-5,8H2,1-3H3,(H2,16,17). The van der Waals surface area contributed by atoms with Gasteiger partial charge in [-0.2, -0.15) is 0 Å². The Morgan fingerprint density at radius 1 is 1.47 bits per heavy atom. The van der Waals surface area contributed by atoms with Crippen molar-refractivity contribution in [2.24, 2.45) is 16.8 Å². The van der Waals surface area contributed by atoms with E-state index in [1.54, 1.807) is 0 Å². The second-order valence-corrected chi connectivity index (χ2v) is 5.63. The minimum absolute atomic E-state index is 0.172. The SMILES string of the molecule is Cc1cc(N2CCCC2C(C)C)ccc1/C(N)=N/O. The molecule has 0 amide bonds. The lowest BCUT2D eigenvalue weighted by atomic mass is 10.0. The number of anilines is 1. The van der Waals surface area contributed by atoms with E-state index in [1.807, 2.05) is 13.0 Å². The van der Waals surface area contributed by atoms with Crippen molar-refractivity contribution in [3.8, 4) is 0 Å². The van der Waals surface area contributed by atoms with Gasteiger partial charge in [0.1, 0.15) is 0 Å². The molecule has 1 heterocycles. The highest BCUT2D eigenvalue weighted by Crippen LogP contribution is 2.30. The molecule has 1 aromatic carbocycles. The molecule has 1 saturated heterocycles. The first-order chi connectivity index (χ1) is 9.04. The van der Waals surface area contributed by atoms with Crippen LogP contribution in [0.4, 0.5) is 5.69 Å². The highest BCUT2D eigenvalue weighted by atomic mass is 16.4. The summed E-state index contributed by atoms with van der Waals surface area (Å²) >= 11 is 0. The molecule has 1 aliphatic heterocycles. The van der Waals surface area contributed by atoms with Crippen LogP contribution in [-0.2, 0) is 0 Å². The van der Waals surface area contributed by atoms with Crippen LogP contribution in [0.2, 0.25) is 0 Å². The molecule has 1 unspecified atom stereocenters. The maximum absolute atomic E-state index is 8.76. The number of nitrogens with zero attached hydrogens (tertiary/aromatic N) is 2. The summed E-state index contributed by atoms with van der Waals surface area (Å²) in [5.41, 5.74) is 8.74. The summed E-state index contributed by atoms with van der Waals surface area (Å²) in [5, 5.41) is 11.8. The molecule has 104 valence electrons. The van der Waals surface area contributed by atoms with Crippen LogP contribution < -0.4 is 10.6 Å². The van der Waals surface area contributed by atoms with E-state index in [2.05, 4.69) is 36.0 Å². The summed E-state index contributed by atoms with van der Waals surface area (Å²) in [6.07, 6.45) is 2.52. The van der Waals surface area contributed by atoms with E-state index in [-0.39, 0.29) is 5.84 Å². The van der Waals surface area contributed by atoms with Crippen LogP contribution in [0.25, 0.3) is 0 Å². The third kappa shape index (κ3) is 2.67. The molecule has 0 bridgehead atoms. The van der Waals surface area contributed by atoms with Crippen LogP contribution in [0.5, 0.6) is 0 Å². The van der Waals surface area contributed by atoms with Crippen molar-refractivity contribution in [2.45, 2.75) is 39.7 Å². The quantitative estimate of drug-likeness (QED) is 0.380. The van der Waals surface area contributed by atoms with Gasteiger partial charge < -0.3 is 15.8 Å². The zero-order valence-corrected chi connectivity index (χ0v) is 11.9. The third-order valence-corrected chi connectivity index (χ3v) is 3.99. The highest BCUT2D eigenvalue weighted by molar-refractivity contribution is 5.98. The molecule has 3 N–H and O–H groups in total. The van der Waals surface area contributed by atoms with Gasteiger partial charge in [-0.15, -0.1) is 0 Å². The Bertz CT molecular complexity index is 482. The largest absolute Gasteiger partial charge is 0.409 e. The number of oxime groups is 1. The Morgan fingerprint density at radius 2 is 2.21 bits per heavy atom. The van der Waals surface area contributed by atoms with Crippen LogP contribution in [-0.4, -0.2) is 23.6 Å². The molecular formula is C15H23N3O. The van der Waals surface area contributed by atoms with Crippen LogP contribution >= 0.6 is 0 Å². The molecule has 2 rings (SSSR count). The molecule has 0 aromatic heterocycles. The van der Waals surface area contributed by atoms with Crippen molar-refractivity contribution in [3.63, 3.8) is 0 Å². The van der Waals surface area contributed by atoms with Crippen molar-refractivity contribution in [3.05, 3.63) is 29.3 Å². The number of aryl methyl sites for hydroxylation is 1. The molecule has 1 aromatic rings. The molecular weight excluding hydrogens is 238 g/mol. The number of rotatable bonds is 3. The van der Waals surface area contributed by atoms with E-state index < -0.39 is 0 Å². The lowest BCUT2D eigenvalue weighted by Gasteiger charge is -2.30. The van der Waals surface area contributed by atoms with E-state index in [1.165, 1.54) is 18.5 Å². The highest BCUT2D eigenvalue weighted by Gasteiger charge is 2.27. The van der Waals surface area contributed by atoms with E-state index in [9.17, 15) is 0 Å². The molecule has 0 aliphatic carbocycles. The summed E-state index contributed by atoms with van der Waals surface area (Å²) in [4.78, 5) is 2.48. The zero-order valence-electron chi connectivity index (χ0n) is 11.9. The fourth-order valence-corrected chi connectivity index (χ4v) is 2.97. The molecule has 4 nitrogen and oxygen atoms in total. The van der Waals surface area contributed by atoms with Gasteiger partial charge in [-0.3, -0.25) is 0 Å². The topological polar surface area (TPSA) is 61.8 Å². The van der Waals surface area contributed by atoms with Crippen molar-refractivity contribution < 1.29 is 5.21 Å². The van der Waals surface area contributed by atoms with Gasteiger partial charge in [0, 0.05) is 23.8 Å². The summed E-state index contributed by atoms with van der Waals surface area (Å²) in [6, 6.07) is 6.76. The minimum atomic E-state index is 0.172. The van der Waals surface area contributed by atoms with E-state index >= 15 is 0 Å². The Balaban J connectivity index is 2.29. The Morgan fingerprint density at radius 3 is 2.79 bits per heavy atom. The second kappa shape index (κ2) is 5.51. The fourth-order valence-electron chi connectivity index (χ4n) is 2.97. The predicted octanol–water partition coefficient (Wildman–Crippen LogP) is 2.71. The van der Waals surface area contributed by atoms with E-state index in [0.29, 0.717) is 12.0 Å². The molecule has 1 aliphatic rings. The first-order valence-electron chi connectivity index (χ1n) is 6.89. The van der Waals surface area contributed by atoms with Crippen molar-refractivity contribution in [1.29, 1.82) is 0 Å². The van der Waals surface area contributed by atoms with Gasteiger partial charge in [-0.25, -0.2) is 0 Å². The second-order valence-electron chi connectivity index (χ2n) is 5.63. The van der Waals surface area contributed by atoms with E-state index in [4.69, 9.17) is 10.9 Å².